The molecule has 0 aliphatic rings. The molecule has 2 aromatic rings. The summed E-state index contributed by atoms with van der Waals surface area (Å²) in [6.07, 6.45) is 1.32. The second kappa shape index (κ2) is 6.95. The highest BCUT2D eigenvalue weighted by Crippen LogP contribution is 2.17. The minimum atomic E-state index is -0.754. The van der Waals surface area contributed by atoms with Crippen LogP contribution >= 0.6 is 0 Å². The Morgan fingerprint density at radius 3 is 2.57 bits per heavy atom. The Bertz CT molecular complexity index is 601. The maximum Gasteiger partial charge on any atom is 0.255 e. The Balaban J connectivity index is 2.06. The van der Waals surface area contributed by atoms with Crippen molar-refractivity contribution in [3.63, 3.8) is 0 Å². The average molecular weight is 287 g/mol. The van der Waals surface area contributed by atoms with Crippen molar-refractivity contribution < 1.29 is 9.18 Å². The van der Waals surface area contributed by atoms with Gasteiger partial charge in [-0.15, -0.1) is 0 Å². The van der Waals surface area contributed by atoms with Crippen LogP contribution in [0.1, 0.15) is 22.0 Å². The van der Waals surface area contributed by atoms with Gasteiger partial charge in [0.2, 0.25) is 5.95 Å². The molecule has 1 heterocycles. The lowest BCUT2D eigenvalue weighted by atomic mass is 10.1. The molecule has 0 aliphatic heterocycles. The van der Waals surface area contributed by atoms with Gasteiger partial charge in [-0.25, -0.2) is 4.98 Å². The van der Waals surface area contributed by atoms with Crippen molar-refractivity contribution >= 4 is 5.91 Å². The summed E-state index contributed by atoms with van der Waals surface area (Å²) in [5.74, 6) is -1.21. The Kier molecular flexibility index (Phi) is 5.00. The molecular formula is C16H18FN3O. The summed E-state index contributed by atoms with van der Waals surface area (Å²) < 4.78 is 13.5. The van der Waals surface area contributed by atoms with Crippen molar-refractivity contribution in [2.75, 3.05) is 20.6 Å². The predicted octanol–water partition coefficient (Wildman–Crippen LogP) is 2.25. The van der Waals surface area contributed by atoms with Gasteiger partial charge in [0.1, 0.15) is 0 Å². The molecule has 0 radical (unpaired) electrons. The molecule has 1 atom stereocenters. The Labute approximate surface area is 123 Å². The van der Waals surface area contributed by atoms with E-state index in [4.69, 9.17) is 0 Å². The zero-order valence-corrected chi connectivity index (χ0v) is 12.1. The molecule has 5 heteroatoms. The van der Waals surface area contributed by atoms with Crippen LogP contribution in [0.3, 0.4) is 0 Å². The van der Waals surface area contributed by atoms with Gasteiger partial charge in [-0.3, -0.25) is 4.79 Å². The number of nitrogens with one attached hydrogen (secondary N) is 1. The molecule has 2 rings (SSSR count). The van der Waals surface area contributed by atoms with Crippen molar-refractivity contribution in [1.29, 1.82) is 0 Å². The van der Waals surface area contributed by atoms with Gasteiger partial charge < -0.3 is 10.2 Å². The molecule has 110 valence electrons. The maximum atomic E-state index is 13.5. The summed E-state index contributed by atoms with van der Waals surface area (Å²) in [6.45, 7) is 0.393. The molecule has 0 bridgehead atoms. The van der Waals surface area contributed by atoms with E-state index in [2.05, 4.69) is 10.3 Å². The molecule has 0 fully saturated rings. The molecular weight excluding hydrogens is 269 g/mol. The molecule has 0 saturated heterocycles. The van der Waals surface area contributed by atoms with Crippen molar-refractivity contribution in [3.8, 4) is 0 Å². The van der Waals surface area contributed by atoms with E-state index in [0.29, 0.717) is 6.54 Å². The van der Waals surface area contributed by atoms with E-state index >= 15 is 0 Å². The standard InChI is InChI=1S/C16H18FN3O/c1-20(2)14(12-7-4-3-5-8-12)11-19-16(21)13-9-6-10-18-15(13)17/h3-10,14H,11H2,1-2H3,(H,19,21). The van der Waals surface area contributed by atoms with E-state index in [9.17, 15) is 9.18 Å². The summed E-state index contributed by atoms with van der Waals surface area (Å²) in [5, 5.41) is 2.76. The summed E-state index contributed by atoms with van der Waals surface area (Å²) in [4.78, 5) is 17.5. The number of aromatic nitrogens is 1. The average Bonchev–Trinajstić information content (AvgIpc) is 2.48. The number of pyridine rings is 1. The van der Waals surface area contributed by atoms with E-state index in [1.807, 2.05) is 49.3 Å². The lowest BCUT2D eigenvalue weighted by Gasteiger charge is -2.25. The first-order valence-electron chi connectivity index (χ1n) is 6.69. The fourth-order valence-electron chi connectivity index (χ4n) is 2.11. The van der Waals surface area contributed by atoms with Gasteiger partial charge >= 0.3 is 0 Å². The Hall–Kier alpha value is -2.27. The van der Waals surface area contributed by atoms with Gasteiger partial charge in [-0.05, 0) is 31.8 Å². The van der Waals surface area contributed by atoms with E-state index in [0.717, 1.165) is 5.56 Å². The van der Waals surface area contributed by atoms with Crippen LogP contribution in [0.2, 0.25) is 0 Å². The largest absolute Gasteiger partial charge is 0.350 e. The Morgan fingerprint density at radius 1 is 1.24 bits per heavy atom. The highest BCUT2D eigenvalue weighted by Gasteiger charge is 2.17. The number of benzene rings is 1. The number of halogens is 1. The molecule has 1 unspecified atom stereocenters. The highest BCUT2D eigenvalue weighted by molar-refractivity contribution is 5.94. The van der Waals surface area contributed by atoms with Gasteiger partial charge in [0.25, 0.3) is 5.91 Å². The quantitative estimate of drug-likeness (QED) is 0.858. The van der Waals surface area contributed by atoms with Crippen LogP contribution in [-0.2, 0) is 0 Å². The second-order valence-corrected chi connectivity index (χ2v) is 4.94. The van der Waals surface area contributed by atoms with Crippen molar-refractivity contribution in [1.82, 2.24) is 15.2 Å². The van der Waals surface area contributed by atoms with Crippen molar-refractivity contribution in [2.24, 2.45) is 0 Å². The molecule has 0 spiro atoms. The van der Waals surface area contributed by atoms with Crippen LogP contribution in [0.25, 0.3) is 0 Å². The summed E-state index contributed by atoms with van der Waals surface area (Å²) in [7, 11) is 3.88. The van der Waals surface area contributed by atoms with Crippen LogP contribution in [-0.4, -0.2) is 36.4 Å². The molecule has 1 aromatic carbocycles. The fraction of sp³-hybridized carbons (Fsp3) is 0.250. The minimum absolute atomic E-state index is 0.0230. The zero-order valence-electron chi connectivity index (χ0n) is 12.1. The third kappa shape index (κ3) is 3.86. The number of carbonyl (C=O) groups is 1. The summed E-state index contributed by atoms with van der Waals surface area (Å²) in [5.41, 5.74) is 1.05. The predicted molar refractivity (Wildman–Crippen MR) is 79.4 cm³/mol. The molecule has 4 nitrogen and oxygen atoms in total. The van der Waals surface area contributed by atoms with Gasteiger partial charge in [-0.1, -0.05) is 30.3 Å². The van der Waals surface area contributed by atoms with Gasteiger partial charge in [0.05, 0.1) is 11.6 Å². The van der Waals surface area contributed by atoms with Gasteiger partial charge in [0, 0.05) is 12.7 Å². The first-order valence-corrected chi connectivity index (χ1v) is 6.69. The normalized spacial score (nSPS) is 12.2. The van der Waals surface area contributed by atoms with Gasteiger partial charge in [0.15, 0.2) is 0 Å². The minimum Gasteiger partial charge on any atom is -0.350 e. The molecule has 0 saturated carbocycles. The van der Waals surface area contributed by atoms with Crippen LogP contribution in [0.15, 0.2) is 48.7 Å². The second-order valence-electron chi connectivity index (χ2n) is 4.94. The number of nitrogens with zero attached hydrogens (tertiary/aromatic N) is 2. The van der Waals surface area contributed by atoms with Crippen molar-refractivity contribution in [2.45, 2.75) is 6.04 Å². The monoisotopic (exact) mass is 287 g/mol. The summed E-state index contributed by atoms with van der Waals surface area (Å²) in [6, 6.07) is 12.8. The van der Waals surface area contributed by atoms with Crippen LogP contribution in [0, 0.1) is 5.95 Å². The van der Waals surface area contributed by atoms with E-state index in [-0.39, 0.29) is 11.6 Å². The van der Waals surface area contributed by atoms with Crippen LogP contribution < -0.4 is 5.32 Å². The smallest absolute Gasteiger partial charge is 0.255 e. The lowest BCUT2D eigenvalue weighted by molar-refractivity contribution is 0.0937. The molecule has 21 heavy (non-hydrogen) atoms. The topological polar surface area (TPSA) is 45.2 Å². The number of rotatable bonds is 5. The SMILES string of the molecule is CN(C)C(CNC(=O)c1cccnc1F)c1ccccc1. The Morgan fingerprint density at radius 2 is 1.95 bits per heavy atom. The van der Waals surface area contributed by atoms with E-state index in [1.165, 1.54) is 12.3 Å². The van der Waals surface area contributed by atoms with E-state index < -0.39 is 11.9 Å². The number of hydrogen-bond acceptors (Lipinski definition) is 3. The lowest BCUT2D eigenvalue weighted by Crippen LogP contribution is -2.35. The van der Waals surface area contributed by atoms with Crippen molar-refractivity contribution in [3.05, 3.63) is 65.7 Å². The molecule has 0 aliphatic carbocycles. The van der Waals surface area contributed by atoms with E-state index in [1.54, 1.807) is 6.07 Å². The number of hydrogen-bond donors (Lipinski definition) is 1. The highest BCUT2D eigenvalue weighted by atomic mass is 19.1. The zero-order chi connectivity index (χ0) is 15.2. The van der Waals surface area contributed by atoms with Crippen LogP contribution in [0.5, 0.6) is 0 Å². The summed E-state index contributed by atoms with van der Waals surface area (Å²) >= 11 is 0. The molecule has 1 N–H and O–H groups in total. The number of carbonyl (C=O) groups excluding carboxylic acids is 1. The van der Waals surface area contributed by atoms with Crippen LogP contribution in [0.4, 0.5) is 4.39 Å². The molecule has 1 amide bonds. The fourth-order valence-corrected chi connectivity index (χ4v) is 2.11. The number of amides is 1. The maximum absolute atomic E-state index is 13.5. The third-order valence-corrected chi connectivity index (χ3v) is 3.27. The van der Waals surface area contributed by atoms with Gasteiger partial charge in [-0.2, -0.15) is 4.39 Å². The molecule has 1 aromatic heterocycles. The number of likely N-dealkylation sites (N-methyl/N-ethyl adjacent to an activating group) is 1. The first-order chi connectivity index (χ1) is 10.1. The third-order valence-electron chi connectivity index (χ3n) is 3.27. The first kappa shape index (κ1) is 15.1.